The van der Waals surface area contributed by atoms with Gasteiger partial charge in [0, 0.05) is 53.3 Å². The number of rotatable bonds is 3. The SMILES string of the molecule is Cc1ccc(-c2cn(Cc3ccccc3)c3c2CNCC3)s1. The van der Waals surface area contributed by atoms with Crippen molar-refractivity contribution in [2.45, 2.75) is 26.4 Å². The zero-order valence-corrected chi connectivity index (χ0v) is 13.6. The predicted octanol–water partition coefficient (Wildman–Crippen LogP) is 4.22. The van der Waals surface area contributed by atoms with Crippen LogP contribution in [-0.2, 0) is 19.5 Å². The number of fused-ring (bicyclic) bond motifs is 1. The molecule has 112 valence electrons. The standard InChI is InChI=1S/C19H20N2S/c1-14-7-8-19(22-14)17-13-21(12-15-5-3-2-4-6-15)18-9-10-20-11-16(17)18/h2-8,13,20H,9-12H2,1H3. The van der Waals surface area contributed by atoms with Gasteiger partial charge in [-0.25, -0.2) is 0 Å². The number of nitrogens with zero attached hydrogens (tertiary/aromatic N) is 1. The number of benzene rings is 1. The van der Waals surface area contributed by atoms with Gasteiger partial charge in [-0.2, -0.15) is 0 Å². The Balaban J connectivity index is 1.77. The highest BCUT2D eigenvalue weighted by Gasteiger charge is 2.20. The van der Waals surface area contributed by atoms with Gasteiger partial charge in [-0.3, -0.25) is 0 Å². The average molecular weight is 308 g/mol. The van der Waals surface area contributed by atoms with Crippen molar-refractivity contribution in [3.63, 3.8) is 0 Å². The lowest BCUT2D eigenvalue weighted by Gasteiger charge is -2.17. The predicted molar refractivity (Wildman–Crippen MR) is 93.4 cm³/mol. The largest absolute Gasteiger partial charge is 0.346 e. The molecular formula is C19H20N2S. The second-order valence-electron chi connectivity index (χ2n) is 5.92. The molecule has 0 bridgehead atoms. The highest BCUT2D eigenvalue weighted by molar-refractivity contribution is 7.15. The molecule has 1 aromatic carbocycles. The second-order valence-corrected chi connectivity index (χ2v) is 7.21. The minimum atomic E-state index is 0.966. The van der Waals surface area contributed by atoms with Crippen LogP contribution in [0.2, 0.25) is 0 Å². The number of thiophene rings is 1. The van der Waals surface area contributed by atoms with Crippen LogP contribution in [0.5, 0.6) is 0 Å². The van der Waals surface area contributed by atoms with Gasteiger partial charge in [0.15, 0.2) is 0 Å². The molecule has 0 unspecified atom stereocenters. The molecule has 0 saturated heterocycles. The van der Waals surface area contributed by atoms with Crippen molar-refractivity contribution in [1.82, 2.24) is 9.88 Å². The monoisotopic (exact) mass is 308 g/mol. The van der Waals surface area contributed by atoms with Crippen LogP contribution in [-0.4, -0.2) is 11.1 Å². The summed E-state index contributed by atoms with van der Waals surface area (Å²) in [6, 6.07) is 15.2. The van der Waals surface area contributed by atoms with Crippen molar-refractivity contribution in [2.24, 2.45) is 0 Å². The molecule has 0 atom stereocenters. The van der Waals surface area contributed by atoms with Crippen LogP contribution in [0.1, 0.15) is 21.7 Å². The van der Waals surface area contributed by atoms with Gasteiger partial charge in [0.1, 0.15) is 0 Å². The zero-order valence-electron chi connectivity index (χ0n) is 12.8. The lowest BCUT2D eigenvalue weighted by Crippen LogP contribution is -2.25. The molecule has 3 heteroatoms. The molecule has 1 aliphatic rings. The van der Waals surface area contributed by atoms with E-state index in [0.29, 0.717) is 0 Å². The van der Waals surface area contributed by atoms with Gasteiger partial charge in [-0.1, -0.05) is 30.3 Å². The Kier molecular flexibility index (Phi) is 3.60. The highest BCUT2D eigenvalue weighted by atomic mass is 32.1. The van der Waals surface area contributed by atoms with Gasteiger partial charge >= 0.3 is 0 Å². The van der Waals surface area contributed by atoms with Crippen LogP contribution in [0.3, 0.4) is 0 Å². The zero-order chi connectivity index (χ0) is 14.9. The third-order valence-corrected chi connectivity index (χ3v) is 5.38. The average Bonchev–Trinajstić information content (AvgIpc) is 3.13. The third-order valence-electron chi connectivity index (χ3n) is 4.35. The molecule has 0 amide bonds. The minimum Gasteiger partial charge on any atom is -0.346 e. The number of hydrogen-bond donors (Lipinski definition) is 1. The Morgan fingerprint density at radius 2 is 2.00 bits per heavy atom. The summed E-state index contributed by atoms with van der Waals surface area (Å²) < 4.78 is 2.45. The van der Waals surface area contributed by atoms with Gasteiger partial charge in [0.25, 0.3) is 0 Å². The molecule has 3 aromatic rings. The fraction of sp³-hybridized carbons (Fsp3) is 0.263. The molecule has 0 spiro atoms. The van der Waals surface area contributed by atoms with Crippen LogP contribution in [0.25, 0.3) is 10.4 Å². The van der Waals surface area contributed by atoms with E-state index in [0.717, 1.165) is 26.1 Å². The van der Waals surface area contributed by atoms with Crippen molar-refractivity contribution in [3.8, 4) is 10.4 Å². The van der Waals surface area contributed by atoms with Gasteiger partial charge in [0.2, 0.25) is 0 Å². The smallest absolute Gasteiger partial charge is 0.0473 e. The van der Waals surface area contributed by atoms with E-state index in [1.807, 2.05) is 11.3 Å². The van der Waals surface area contributed by atoms with Crippen LogP contribution in [0.4, 0.5) is 0 Å². The number of aryl methyl sites for hydroxylation is 1. The van der Waals surface area contributed by atoms with E-state index in [-0.39, 0.29) is 0 Å². The molecule has 2 nitrogen and oxygen atoms in total. The molecule has 3 heterocycles. The normalized spacial score (nSPS) is 14.0. The number of aromatic nitrogens is 1. The highest BCUT2D eigenvalue weighted by Crippen LogP contribution is 2.35. The van der Waals surface area contributed by atoms with Crippen molar-refractivity contribution in [2.75, 3.05) is 6.54 Å². The molecule has 22 heavy (non-hydrogen) atoms. The Morgan fingerprint density at radius 3 is 2.77 bits per heavy atom. The molecule has 2 aromatic heterocycles. The number of nitrogens with one attached hydrogen (secondary N) is 1. The molecular weight excluding hydrogens is 288 g/mol. The molecule has 1 N–H and O–H groups in total. The van der Waals surface area contributed by atoms with Crippen LogP contribution in [0, 0.1) is 6.92 Å². The maximum absolute atomic E-state index is 3.53. The van der Waals surface area contributed by atoms with Gasteiger partial charge in [0.05, 0.1) is 0 Å². The quantitative estimate of drug-likeness (QED) is 0.766. The van der Waals surface area contributed by atoms with E-state index in [1.165, 1.54) is 32.1 Å². The second kappa shape index (κ2) is 5.75. The van der Waals surface area contributed by atoms with E-state index in [4.69, 9.17) is 0 Å². The van der Waals surface area contributed by atoms with Gasteiger partial charge in [-0.15, -0.1) is 11.3 Å². The van der Waals surface area contributed by atoms with E-state index >= 15 is 0 Å². The first-order valence-corrected chi connectivity index (χ1v) is 8.65. The van der Waals surface area contributed by atoms with Gasteiger partial charge < -0.3 is 9.88 Å². The fourth-order valence-corrected chi connectivity index (χ4v) is 4.17. The molecule has 4 rings (SSSR count). The summed E-state index contributed by atoms with van der Waals surface area (Å²) in [6.45, 7) is 5.21. The summed E-state index contributed by atoms with van der Waals surface area (Å²) in [5.74, 6) is 0. The molecule has 0 saturated carbocycles. The molecule has 1 aliphatic heterocycles. The Bertz CT molecular complexity index is 783. The minimum absolute atomic E-state index is 0.966. The van der Waals surface area contributed by atoms with Gasteiger partial charge in [-0.05, 0) is 30.2 Å². The maximum Gasteiger partial charge on any atom is 0.0473 e. The molecule has 0 aliphatic carbocycles. The number of hydrogen-bond acceptors (Lipinski definition) is 2. The fourth-order valence-electron chi connectivity index (χ4n) is 3.27. The summed E-state index contributed by atoms with van der Waals surface area (Å²) in [6.07, 6.45) is 3.47. The van der Waals surface area contributed by atoms with Crippen molar-refractivity contribution in [3.05, 3.63) is 70.4 Å². The summed E-state index contributed by atoms with van der Waals surface area (Å²) in [4.78, 5) is 2.77. The van der Waals surface area contributed by atoms with E-state index in [2.05, 4.69) is 65.5 Å². The van der Waals surface area contributed by atoms with E-state index < -0.39 is 0 Å². The van der Waals surface area contributed by atoms with Crippen molar-refractivity contribution in [1.29, 1.82) is 0 Å². The molecule has 0 fully saturated rings. The first-order valence-electron chi connectivity index (χ1n) is 7.83. The van der Waals surface area contributed by atoms with Crippen molar-refractivity contribution < 1.29 is 0 Å². The Morgan fingerprint density at radius 1 is 1.14 bits per heavy atom. The topological polar surface area (TPSA) is 17.0 Å². The van der Waals surface area contributed by atoms with Crippen molar-refractivity contribution >= 4 is 11.3 Å². The maximum atomic E-state index is 3.53. The lowest BCUT2D eigenvalue weighted by atomic mass is 10.0. The van der Waals surface area contributed by atoms with Crippen LogP contribution < -0.4 is 5.32 Å². The first-order chi connectivity index (χ1) is 10.8. The summed E-state index contributed by atoms with van der Waals surface area (Å²) >= 11 is 1.89. The Labute approximate surface area is 135 Å². The summed E-state index contributed by atoms with van der Waals surface area (Å²) in [5.41, 5.74) is 5.77. The van der Waals surface area contributed by atoms with E-state index in [9.17, 15) is 0 Å². The van der Waals surface area contributed by atoms with Crippen LogP contribution >= 0.6 is 11.3 Å². The summed E-state index contributed by atoms with van der Waals surface area (Å²) in [5, 5.41) is 3.53. The summed E-state index contributed by atoms with van der Waals surface area (Å²) in [7, 11) is 0. The van der Waals surface area contributed by atoms with Crippen LogP contribution in [0.15, 0.2) is 48.7 Å². The third kappa shape index (κ3) is 2.51. The Hall–Kier alpha value is -1.84. The lowest BCUT2D eigenvalue weighted by molar-refractivity contribution is 0.607. The van der Waals surface area contributed by atoms with E-state index in [1.54, 1.807) is 0 Å². The molecule has 0 radical (unpaired) electrons. The first kappa shape index (κ1) is 13.8.